The molecule has 25 heavy (non-hydrogen) atoms. The summed E-state index contributed by atoms with van der Waals surface area (Å²) in [6, 6.07) is 7.43. The van der Waals surface area contributed by atoms with Gasteiger partial charge in [-0.25, -0.2) is 0 Å². The molecule has 0 aromatic heterocycles. The summed E-state index contributed by atoms with van der Waals surface area (Å²) in [7, 11) is 1.72. The average molecular weight is 345 g/mol. The first-order valence-corrected chi connectivity index (χ1v) is 8.66. The van der Waals surface area contributed by atoms with Crippen LogP contribution in [0.5, 0.6) is 0 Å². The Morgan fingerprint density at radius 1 is 1.32 bits per heavy atom. The van der Waals surface area contributed by atoms with E-state index in [4.69, 9.17) is 0 Å². The van der Waals surface area contributed by atoms with E-state index in [9.17, 15) is 14.4 Å². The third-order valence-corrected chi connectivity index (χ3v) is 4.39. The lowest BCUT2D eigenvalue weighted by Gasteiger charge is -2.20. The molecule has 6 heteroatoms. The largest absolute Gasteiger partial charge is 0.342 e. The number of likely N-dealkylation sites (tertiary alicyclic amines) is 1. The van der Waals surface area contributed by atoms with Gasteiger partial charge in [-0.3, -0.25) is 14.4 Å². The molecule has 2 rings (SSSR count). The van der Waals surface area contributed by atoms with Crippen molar-refractivity contribution in [2.24, 2.45) is 11.8 Å². The van der Waals surface area contributed by atoms with Crippen LogP contribution in [-0.4, -0.2) is 47.7 Å². The van der Waals surface area contributed by atoms with Crippen molar-refractivity contribution in [1.29, 1.82) is 0 Å². The minimum absolute atomic E-state index is 0.0353. The molecule has 1 atom stereocenters. The maximum Gasteiger partial charge on any atom is 0.229 e. The molecule has 0 saturated carbocycles. The molecular weight excluding hydrogens is 318 g/mol. The Morgan fingerprint density at radius 3 is 2.64 bits per heavy atom. The quantitative estimate of drug-likeness (QED) is 0.858. The van der Waals surface area contributed by atoms with E-state index < -0.39 is 0 Å². The van der Waals surface area contributed by atoms with Gasteiger partial charge in [0.15, 0.2) is 0 Å². The fraction of sp³-hybridized carbons (Fsp3) is 0.526. The Morgan fingerprint density at radius 2 is 2.00 bits per heavy atom. The molecule has 136 valence electrons. The number of carbonyl (C=O) groups excluding carboxylic acids is 3. The number of carbonyl (C=O) groups is 3. The van der Waals surface area contributed by atoms with Crippen molar-refractivity contribution in [3.63, 3.8) is 0 Å². The van der Waals surface area contributed by atoms with E-state index in [1.165, 1.54) is 6.92 Å². The lowest BCUT2D eigenvalue weighted by atomic mass is 10.1. The van der Waals surface area contributed by atoms with E-state index in [-0.39, 0.29) is 30.1 Å². The van der Waals surface area contributed by atoms with Crippen molar-refractivity contribution in [3.8, 4) is 0 Å². The monoisotopic (exact) mass is 345 g/mol. The molecule has 1 aromatic rings. The number of nitrogens with zero attached hydrogens (tertiary/aromatic N) is 2. The van der Waals surface area contributed by atoms with Gasteiger partial charge < -0.3 is 15.1 Å². The summed E-state index contributed by atoms with van der Waals surface area (Å²) in [5.41, 5.74) is 1.56. The van der Waals surface area contributed by atoms with Crippen molar-refractivity contribution in [1.82, 2.24) is 9.80 Å². The molecule has 1 saturated heterocycles. The van der Waals surface area contributed by atoms with Crippen molar-refractivity contribution in [2.45, 2.75) is 33.7 Å². The summed E-state index contributed by atoms with van der Waals surface area (Å²) in [4.78, 5) is 39.5. The molecule has 1 aliphatic rings. The highest BCUT2D eigenvalue weighted by Crippen LogP contribution is 2.23. The highest BCUT2D eigenvalue weighted by molar-refractivity contribution is 5.97. The maximum atomic E-state index is 12.6. The van der Waals surface area contributed by atoms with Gasteiger partial charge in [-0.05, 0) is 17.5 Å². The Balaban J connectivity index is 2.04. The van der Waals surface area contributed by atoms with Crippen LogP contribution in [0.4, 0.5) is 5.69 Å². The average Bonchev–Trinajstić information content (AvgIpc) is 2.89. The topological polar surface area (TPSA) is 69.7 Å². The van der Waals surface area contributed by atoms with Gasteiger partial charge in [0.05, 0.1) is 5.92 Å². The highest BCUT2D eigenvalue weighted by Gasteiger charge is 2.34. The van der Waals surface area contributed by atoms with Crippen LogP contribution in [0.15, 0.2) is 24.3 Å². The van der Waals surface area contributed by atoms with Crippen molar-refractivity contribution < 1.29 is 14.4 Å². The smallest absolute Gasteiger partial charge is 0.229 e. The van der Waals surface area contributed by atoms with Gasteiger partial charge in [0, 0.05) is 45.7 Å². The fourth-order valence-electron chi connectivity index (χ4n) is 2.95. The van der Waals surface area contributed by atoms with E-state index in [1.807, 2.05) is 24.3 Å². The summed E-state index contributed by atoms with van der Waals surface area (Å²) in [6.45, 7) is 7.20. The number of hydrogen-bond donors (Lipinski definition) is 1. The summed E-state index contributed by atoms with van der Waals surface area (Å²) in [6.07, 6.45) is 0.258. The van der Waals surface area contributed by atoms with Gasteiger partial charge in [0.2, 0.25) is 17.7 Å². The zero-order valence-electron chi connectivity index (χ0n) is 15.4. The first-order valence-electron chi connectivity index (χ1n) is 8.66. The molecule has 0 bridgehead atoms. The highest BCUT2D eigenvalue weighted by atomic mass is 16.2. The Kier molecular flexibility index (Phi) is 6.17. The number of nitrogens with one attached hydrogen (secondary N) is 1. The minimum Gasteiger partial charge on any atom is -0.342 e. The summed E-state index contributed by atoms with van der Waals surface area (Å²) >= 11 is 0. The van der Waals surface area contributed by atoms with Crippen molar-refractivity contribution >= 4 is 23.4 Å². The van der Waals surface area contributed by atoms with Crippen LogP contribution in [0.3, 0.4) is 0 Å². The molecule has 3 amide bonds. The standard InChI is InChI=1S/C19H27N3O3/c1-13(2)10-22-12-16(9-18(22)24)19(25)20-17-8-6-5-7-15(17)11-21(4)14(3)23/h5-8,13,16H,9-12H2,1-4H3,(H,20,25). The normalized spacial score (nSPS) is 17.1. The number of para-hydroxylation sites is 1. The van der Waals surface area contributed by atoms with Gasteiger partial charge in [-0.1, -0.05) is 32.0 Å². The molecule has 1 aromatic carbocycles. The van der Waals surface area contributed by atoms with Crippen LogP contribution in [-0.2, 0) is 20.9 Å². The predicted molar refractivity (Wildman–Crippen MR) is 96.7 cm³/mol. The molecule has 1 unspecified atom stereocenters. The molecule has 1 N–H and O–H groups in total. The lowest BCUT2D eigenvalue weighted by Crippen LogP contribution is -2.31. The van der Waals surface area contributed by atoms with Gasteiger partial charge in [0.25, 0.3) is 0 Å². The molecule has 6 nitrogen and oxygen atoms in total. The maximum absolute atomic E-state index is 12.6. The summed E-state index contributed by atoms with van der Waals surface area (Å²) < 4.78 is 0. The molecule has 1 fully saturated rings. The van der Waals surface area contributed by atoms with E-state index in [0.29, 0.717) is 31.2 Å². The van der Waals surface area contributed by atoms with E-state index in [1.54, 1.807) is 16.8 Å². The molecular formula is C19H27N3O3. The van der Waals surface area contributed by atoms with Crippen LogP contribution < -0.4 is 5.32 Å². The predicted octanol–water partition coefficient (Wildman–Crippen LogP) is 2.11. The van der Waals surface area contributed by atoms with Gasteiger partial charge in [-0.15, -0.1) is 0 Å². The second-order valence-corrected chi connectivity index (χ2v) is 7.12. The third kappa shape index (κ3) is 5.05. The molecule has 0 aliphatic carbocycles. The Labute approximate surface area is 149 Å². The molecule has 1 aliphatic heterocycles. The molecule has 0 spiro atoms. The molecule has 1 heterocycles. The van der Waals surface area contributed by atoms with E-state index in [0.717, 1.165) is 5.56 Å². The van der Waals surface area contributed by atoms with Gasteiger partial charge in [0.1, 0.15) is 0 Å². The summed E-state index contributed by atoms with van der Waals surface area (Å²) in [5, 5.41) is 2.94. The first kappa shape index (κ1) is 19.0. The van der Waals surface area contributed by atoms with Crippen LogP contribution >= 0.6 is 0 Å². The third-order valence-electron chi connectivity index (χ3n) is 4.39. The number of hydrogen-bond acceptors (Lipinski definition) is 3. The number of anilines is 1. The number of benzene rings is 1. The van der Waals surface area contributed by atoms with E-state index >= 15 is 0 Å². The second kappa shape index (κ2) is 8.14. The van der Waals surface area contributed by atoms with Crippen LogP contribution in [0.1, 0.15) is 32.8 Å². The fourth-order valence-corrected chi connectivity index (χ4v) is 2.95. The van der Waals surface area contributed by atoms with Gasteiger partial charge >= 0.3 is 0 Å². The zero-order chi connectivity index (χ0) is 18.6. The van der Waals surface area contributed by atoms with Crippen molar-refractivity contribution in [3.05, 3.63) is 29.8 Å². The Bertz CT molecular complexity index is 657. The summed E-state index contributed by atoms with van der Waals surface area (Å²) in [5.74, 6) is -0.0822. The van der Waals surface area contributed by atoms with Crippen LogP contribution in [0, 0.1) is 11.8 Å². The Hall–Kier alpha value is -2.37. The van der Waals surface area contributed by atoms with Gasteiger partial charge in [-0.2, -0.15) is 0 Å². The van der Waals surface area contributed by atoms with E-state index in [2.05, 4.69) is 19.2 Å². The van der Waals surface area contributed by atoms with Crippen LogP contribution in [0.2, 0.25) is 0 Å². The minimum atomic E-state index is -0.329. The van der Waals surface area contributed by atoms with Crippen LogP contribution in [0.25, 0.3) is 0 Å². The number of rotatable bonds is 6. The SMILES string of the molecule is CC(=O)N(C)Cc1ccccc1NC(=O)C1CC(=O)N(CC(C)C)C1. The number of amides is 3. The first-order chi connectivity index (χ1) is 11.8. The molecule has 0 radical (unpaired) electrons. The second-order valence-electron chi connectivity index (χ2n) is 7.12. The van der Waals surface area contributed by atoms with Crippen molar-refractivity contribution in [2.75, 3.05) is 25.5 Å². The zero-order valence-corrected chi connectivity index (χ0v) is 15.4. The lowest BCUT2D eigenvalue weighted by molar-refractivity contribution is -0.129.